The van der Waals surface area contributed by atoms with Crippen molar-refractivity contribution in [2.24, 2.45) is 11.7 Å². The van der Waals surface area contributed by atoms with Crippen LogP contribution in [0.25, 0.3) is 0 Å². The fraction of sp³-hybridized carbons (Fsp3) is 0.909. The van der Waals surface area contributed by atoms with Crippen molar-refractivity contribution in [2.75, 3.05) is 19.8 Å². The van der Waals surface area contributed by atoms with Crippen LogP contribution in [-0.4, -0.2) is 42.6 Å². The molecule has 2 fully saturated rings. The maximum atomic E-state index is 11.9. The van der Waals surface area contributed by atoms with Gasteiger partial charge < -0.3 is 15.4 Å². The zero-order chi connectivity index (χ0) is 10.8. The van der Waals surface area contributed by atoms with Crippen LogP contribution in [0.15, 0.2) is 0 Å². The van der Waals surface area contributed by atoms with Gasteiger partial charge in [0.2, 0.25) is 5.91 Å². The lowest BCUT2D eigenvalue weighted by atomic mass is 10.1. The normalized spacial score (nSPS) is 27.1. The molecule has 0 aromatic carbocycles. The van der Waals surface area contributed by atoms with Crippen LogP contribution >= 0.6 is 12.4 Å². The molecule has 1 aliphatic heterocycles. The first-order chi connectivity index (χ1) is 7.18. The SMILES string of the molecule is CC(N)CC(=O)N1CCOCC1C1CC1.Cl. The first kappa shape index (κ1) is 13.7. The van der Waals surface area contributed by atoms with Crippen molar-refractivity contribution in [1.82, 2.24) is 4.90 Å². The summed E-state index contributed by atoms with van der Waals surface area (Å²) in [5.74, 6) is 0.882. The number of ether oxygens (including phenoxy) is 1. The Morgan fingerprint density at radius 2 is 2.25 bits per heavy atom. The van der Waals surface area contributed by atoms with E-state index in [4.69, 9.17) is 10.5 Å². The molecule has 1 amide bonds. The highest BCUT2D eigenvalue weighted by atomic mass is 35.5. The van der Waals surface area contributed by atoms with Crippen molar-refractivity contribution >= 4 is 18.3 Å². The second kappa shape index (κ2) is 5.84. The van der Waals surface area contributed by atoms with Gasteiger partial charge in [0.05, 0.1) is 19.3 Å². The molecular formula is C11H21ClN2O2. The van der Waals surface area contributed by atoms with E-state index in [2.05, 4.69) is 0 Å². The summed E-state index contributed by atoms with van der Waals surface area (Å²) in [6.07, 6.45) is 2.95. The summed E-state index contributed by atoms with van der Waals surface area (Å²) < 4.78 is 5.44. The van der Waals surface area contributed by atoms with E-state index in [9.17, 15) is 4.79 Å². The number of rotatable bonds is 3. The molecule has 2 N–H and O–H groups in total. The molecule has 2 unspecified atom stereocenters. The third kappa shape index (κ3) is 3.34. The lowest BCUT2D eigenvalue weighted by Crippen LogP contribution is -2.50. The number of carbonyl (C=O) groups is 1. The monoisotopic (exact) mass is 248 g/mol. The highest BCUT2D eigenvalue weighted by Gasteiger charge is 2.39. The molecule has 0 spiro atoms. The molecule has 0 aromatic rings. The zero-order valence-electron chi connectivity index (χ0n) is 9.72. The average Bonchev–Trinajstić information content (AvgIpc) is 3.00. The highest BCUT2D eigenvalue weighted by molar-refractivity contribution is 5.85. The molecule has 2 atom stereocenters. The smallest absolute Gasteiger partial charge is 0.224 e. The lowest BCUT2D eigenvalue weighted by molar-refractivity contribution is -0.141. The Bertz CT molecular complexity index is 244. The number of hydrogen-bond donors (Lipinski definition) is 1. The number of carbonyl (C=O) groups excluding carboxylic acids is 1. The third-order valence-corrected chi connectivity index (χ3v) is 3.15. The predicted octanol–water partition coefficient (Wildman–Crippen LogP) is 0.783. The van der Waals surface area contributed by atoms with Gasteiger partial charge in [-0.25, -0.2) is 0 Å². The van der Waals surface area contributed by atoms with Crippen LogP contribution in [0.4, 0.5) is 0 Å². The topological polar surface area (TPSA) is 55.6 Å². The number of nitrogens with zero attached hydrogens (tertiary/aromatic N) is 1. The van der Waals surface area contributed by atoms with Crippen LogP contribution in [0.5, 0.6) is 0 Å². The molecule has 0 radical (unpaired) electrons. The van der Waals surface area contributed by atoms with E-state index >= 15 is 0 Å². The molecule has 5 heteroatoms. The van der Waals surface area contributed by atoms with Crippen LogP contribution in [0, 0.1) is 5.92 Å². The van der Waals surface area contributed by atoms with Crippen molar-refractivity contribution in [3.05, 3.63) is 0 Å². The van der Waals surface area contributed by atoms with Crippen molar-refractivity contribution < 1.29 is 9.53 Å². The molecule has 0 aromatic heterocycles. The van der Waals surface area contributed by atoms with Crippen molar-refractivity contribution in [3.63, 3.8) is 0 Å². The van der Waals surface area contributed by atoms with Gasteiger partial charge in [0.1, 0.15) is 0 Å². The van der Waals surface area contributed by atoms with Gasteiger partial charge in [-0.2, -0.15) is 0 Å². The van der Waals surface area contributed by atoms with Crippen molar-refractivity contribution in [3.8, 4) is 0 Å². The standard InChI is InChI=1S/C11H20N2O2.ClH/c1-8(12)6-11(14)13-4-5-15-7-10(13)9-2-3-9;/h8-10H,2-7,12H2,1H3;1H. The second-order valence-corrected chi connectivity index (χ2v) is 4.75. The molecular weight excluding hydrogens is 228 g/mol. The molecule has 1 heterocycles. The molecule has 2 aliphatic rings. The molecule has 94 valence electrons. The molecule has 0 bridgehead atoms. The maximum absolute atomic E-state index is 11.9. The number of hydrogen-bond acceptors (Lipinski definition) is 3. The van der Waals surface area contributed by atoms with Crippen molar-refractivity contribution in [2.45, 2.75) is 38.3 Å². The molecule has 1 saturated heterocycles. The van der Waals surface area contributed by atoms with Crippen LogP contribution < -0.4 is 5.73 Å². The van der Waals surface area contributed by atoms with Gasteiger partial charge in [0.15, 0.2) is 0 Å². The molecule has 1 saturated carbocycles. The molecule has 16 heavy (non-hydrogen) atoms. The van der Waals surface area contributed by atoms with Gasteiger partial charge in [-0.05, 0) is 25.7 Å². The Balaban J connectivity index is 0.00000128. The summed E-state index contributed by atoms with van der Waals surface area (Å²) in [5.41, 5.74) is 5.66. The quantitative estimate of drug-likeness (QED) is 0.803. The minimum Gasteiger partial charge on any atom is -0.377 e. The number of morpholine rings is 1. The Hall–Kier alpha value is -0.320. The van der Waals surface area contributed by atoms with E-state index in [0.29, 0.717) is 25.0 Å². The molecule has 4 nitrogen and oxygen atoms in total. The van der Waals surface area contributed by atoms with Gasteiger partial charge >= 0.3 is 0 Å². The van der Waals surface area contributed by atoms with Gasteiger partial charge in [0.25, 0.3) is 0 Å². The maximum Gasteiger partial charge on any atom is 0.224 e. The van der Waals surface area contributed by atoms with Crippen LogP contribution in [0.3, 0.4) is 0 Å². The Labute approximate surface area is 103 Å². The summed E-state index contributed by atoms with van der Waals surface area (Å²) >= 11 is 0. The fourth-order valence-corrected chi connectivity index (χ4v) is 2.20. The van der Waals surface area contributed by atoms with Crippen LogP contribution in [0.1, 0.15) is 26.2 Å². The Kier molecular flexibility index (Phi) is 5.02. The van der Waals surface area contributed by atoms with E-state index in [0.717, 1.165) is 13.2 Å². The van der Waals surface area contributed by atoms with Gasteiger partial charge in [0, 0.05) is 19.0 Å². The van der Waals surface area contributed by atoms with Crippen LogP contribution in [-0.2, 0) is 9.53 Å². The predicted molar refractivity (Wildman–Crippen MR) is 64.6 cm³/mol. The summed E-state index contributed by atoms with van der Waals surface area (Å²) in [6.45, 7) is 4.01. The minimum atomic E-state index is -0.0415. The Morgan fingerprint density at radius 1 is 1.56 bits per heavy atom. The van der Waals surface area contributed by atoms with E-state index in [-0.39, 0.29) is 24.4 Å². The van der Waals surface area contributed by atoms with Crippen LogP contribution in [0.2, 0.25) is 0 Å². The van der Waals surface area contributed by atoms with E-state index in [1.165, 1.54) is 12.8 Å². The van der Waals surface area contributed by atoms with E-state index < -0.39 is 0 Å². The number of nitrogens with two attached hydrogens (primary N) is 1. The Morgan fingerprint density at radius 3 is 2.81 bits per heavy atom. The van der Waals surface area contributed by atoms with E-state index in [1.807, 2.05) is 11.8 Å². The highest BCUT2D eigenvalue weighted by Crippen LogP contribution is 2.36. The average molecular weight is 249 g/mol. The zero-order valence-corrected chi connectivity index (χ0v) is 10.5. The fourth-order valence-electron chi connectivity index (χ4n) is 2.20. The molecule has 1 aliphatic carbocycles. The first-order valence-corrected chi connectivity index (χ1v) is 5.81. The summed E-state index contributed by atoms with van der Waals surface area (Å²) in [6, 6.07) is 0.283. The molecule has 2 rings (SSSR count). The first-order valence-electron chi connectivity index (χ1n) is 5.81. The largest absolute Gasteiger partial charge is 0.377 e. The van der Waals surface area contributed by atoms with Gasteiger partial charge in [-0.1, -0.05) is 0 Å². The van der Waals surface area contributed by atoms with Gasteiger partial charge in [-0.3, -0.25) is 4.79 Å². The summed E-state index contributed by atoms with van der Waals surface area (Å²) in [5, 5.41) is 0. The minimum absolute atomic E-state index is 0. The number of halogens is 1. The third-order valence-electron chi connectivity index (χ3n) is 3.15. The second-order valence-electron chi connectivity index (χ2n) is 4.75. The summed E-state index contributed by atoms with van der Waals surface area (Å²) in [7, 11) is 0. The van der Waals surface area contributed by atoms with Gasteiger partial charge in [-0.15, -0.1) is 12.4 Å². The summed E-state index contributed by atoms with van der Waals surface area (Å²) in [4.78, 5) is 13.9. The number of amides is 1. The lowest BCUT2D eigenvalue weighted by Gasteiger charge is -2.36. The van der Waals surface area contributed by atoms with Crippen molar-refractivity contribution in [1.29, 1.82) is 0 Å². The van der Waals surface area contributed by atoms with E-state index in [1.54, 1.807) is 0 Å².